The molecule has 0 aromatic heterocycles. The van der Waals surface area contributed by atoms with Crippen LogP contribution in [0.5, 0.6) is 5.75 Å². The van der Waals surface area contributed by atoms with Crippen LogP contribution in [0.4, 0.5) is 5.69 Å². The van der Waals surface area contributed by atoms with E-state index in [1.54, 1.807) is 25.3 Å². The van der Waals surface area contributed by atoms with Crippen molar-refractivity contribution in [2.75, 3.05) is 37.4 Å². The summed E-state index contributed by atoms with van der Waals surface area (Å²) in [5, 5.41) is 2.85. The van der Waals surface area contributed by atoms with E-state index in [0.29, 0.717) is 36.8 Å². The molecule has 2 amide bonds. The lowest BCUT2D eigenvalue weighted by atomic mass is 10.1. The maximum Gasteiger partial charge on any atom is 0.243 e. The molecule has 2 aromatic rings. The minimum atomic E-state index is -3.65. The molecule has 0 saturated carbocycles. The summed E-state index contributed by atoms with van der Waals surface area (Å²) >= 11 is 1.50. The maximum atomic E-state index is 13.2. The maximum absolute atomic E-state index is 13.2. The highest BCUT2D eigenvalue weighted by Crippen LogP contribution is 2.38. The van der Waals surface area contributed by atoms with E-state index in [9.17, 15) is 18.0 Å². The fourth-order valence-electron chi connectivity index (χ4n) is 4.08. The third-order valence-corrected chi connectivity index (χ3v) is 9.24. The predicted molar refractivity (Wildman–Crippen MR) is 132 cm³/mol. The molecule has 0 radical (unpaired) electrons. The van der Waals surface area contributed by atoms with Gasteiger partial charge in [-0.1, -0.05) is 19.1 Å². The Balaban J connectivity index is 1.57. The van der Waals surface area contributed by atoms with Crippen molar-refractivity contribution in [1.82, 2.24) is 9.62 Å². The number of hydrogen-bond acceptors (Lipinski definition) is 6. The molecular weight excluding hydrogens is 474 g/mol. The Bertz CT molecular complexity index is 1180. The first-order valence-corrected chi connectivity index (χ1v) is 13.7. The number of rotatable bonds is 7. The van der Waals surface area contributed by atoms with E-state index in [-0.39, 0.29) is 29.2 Å². The summed E-state index contributed by atoms with van der Waals surface area (Å²) in [5.41, 5.74) is 1.34. The zero-order chi connectivity index (χ0) is 24.3. The Morgan fingerprint density at radius 3 is 2.68 bits per heavy atom. The molecule has 2 aliphatic heterocycles. The van der Waals surface area contributed by atoms with Crippen LogP contribution >= 0.6 is 11.8 Å². The second-order valence-electron chi connectivity index (χ2n) is 8.51. The molecule has 2 aliphatic rings. The van der Waals surface area contributed by atoms with E-state index in [1.165, 1.54) is 21.0 Å². The van der Waals surface area contributed by atoms with Crippen molar-refractivity contribution in [1.29, 1.82) is 0 Å². The quantitative estimate of drug-likeness (QED) is 0.624. The van der Waals surface area contributed by atoms with E-state index in [4.69, 9.17) is 4.74 Å². The Labute approximate surface area is 204 Å². The van der Waals surface area contributed by atoms with Crippen LogP contribution in [0.25, 0.3) is 0 Å². The Morgan fingerprint density at radius 2 is 1.94 bits per heavy atom. The van der Waals surface area contributed by atoms with Crippen LogP contribution in [0.2, 0.25) is 0 Å². The number of fused-ring (bicyclic) bond motifs is 1. The van der Waals surface area contributed by atoms with Crippen molar-refractivity contribution >= 4 is 39.3 Å². The molecule has 1 N–H and O–H groups in total. The minimum absolute atomic E-state index is 0.151. The van der Waals surface area contributed by atoms with Gasteiger partial charge < -0.3 is 15.0 Å². The molecular formula is C24H29N3O5S2. The van der Waals surface area contributed by atoms with Crippen LogP contribution in [-0.2, 0) is 26.2 Å². The first-order chi connectivity index (χ1) is 16.3. The van der Waals surface area contributed by atoms with Crippen molar-refractivity contribution in [3.63, 3.8) is 0 Å². The number of benzene rings is 2. The number of methoxy groups -OCH3 is 1. The number of anilines is 1. The second kappa shape index (κ2) is 10.4. The monoisotopic (exact) mass is 503 g/mol. The molecule has 10 heteroatoms. The van der Waals surface area contributed by atoms with Gasteiger partial charge in [-0.15, -0.1) is 11.8 Å². The number of hydrogen-bond donors (Lipinski definition) is 1. The molecule has 0 spiro atoms. The fraction of sp³-hybridized carbons (Fsp3) is 0.417. The van der Waals surface area contributed by atoms with Crippen molar-refractivity contribution in [3.8, 4) is 5.75 Å². The smallest absolute Gasteiger partial charge is 0.243 e. The lowest BCUT2D eigenvalue weighted by Crippen LogP contribution is -2.43. The van der Waals surface area contributed by atoms with Crippen LogP contribution in [-0.4, -0.2) is 57.0 Å². The number of ether oxygens (including phenoxy) is 1. The highest BCUT2D eigenvalue weighted by Gasteiger charge is 2.33. The van der Waals surface area contributed by atoms with Gasteiger partial charge >= 0.3 is 0 Å². The van der Waals surface area contributed by atoms with Crippen LogP contribution in [0.3, 0.4) is 0 Å². The number of carbonyl (C=O) groups is 2. The average molecular weight is 504 g/mol. The molecule has 0 bridgehead atoms. The van der Waals surface area contributed by atoms with E-state index < -0.39 is 10.0 Å². The molecule has 0 aliphatic carbocycles. The molecule has 1 fully saturated rings. The standard InChI is InChI=1S/C24H29N3O5S2/c1-17-16-33-22-9-8-20(34(30,31)26-10-3-4-11-26)13-21(22)27(24(17)29)15-23(28)25-14-18-6-5-7-19(12-18)32-2/h5-9,12-13,17H,3-4,10-11,14-16H2,1-2H3,(H,25,28). The lowest BCUT2D eigenvalue weighted by Gasteiger charge is -2.25. The van der Waals surface area contributed by atoms with E-state index in [1.807, 2.05) is 31.2 Å². The SMILES string of the molecule is COc1cccc(CNC(=O)CN2C(=O)C(C)CSc3ccc(S(=O)(=O)N4CCCC4)cc32)c1. The zero-order valence-corrected chi connectivity index (χ0v) is 21.0. The molecule has 2 aromatic carbocycles. The Hall–Kier alpha value is -2.56. The third-order valence-electron chi connectivity index (χ3n) is 6.03. The van der Waals surface area contributed by atoms with Crippen molar-refractivity contribution in [3.05, 3.63) is 48.0 Å². The first kappa shape index (κ1) is 24.6. The number of sulfonamides is 1. The van der Waals surface area contributed by atoms with E-state index in [2.05, 4.69) is 5.32 Å². The Kier molecular flexibility index (Phi) is 7.49. The van der Waals surface area contributed by atoms with Gasteiger partial charge in [-0.05, 0) is 48.7 Å². The van der Waals surface area contributed by atoms with Crippen molar-refractivity contribution in [2.24, 2.45) is 5.92 Å². The van der Waals surface area contributed by atoms with Crippen molar-refractivity contribution in [2.45, 2.75) is 36.1 Å². The lowest BCUT2D eigenvalue weighted by molar-refractivity contribution is -0.125. The fourth-order valence-corrected chi connectivity index (χ4v) is 6.68. The summed E-state index contributed by atoms with van der Waals surface area (Å²) in [6, 6.07) is 12.3. The van der Waals surface area contributed by atoms with Crippen LogP contribution < -0.4 is 15.0 Å². The number of nitrogens with zero attached hydrogens (tertiary/aromatic N) is 2. The van der Waals surface area contributed by atoms with Gasteiger partial charge in [0.05, 0.1) is 17.7 Å². The molecule has 8 nitrogen and oxygen atoms in total. The summed E-state index contributed by atoms with van der Waals surface area (Å²) in [5.74, 6) is 0.433. The second-order valence-corrected chi connectivity index (χ2v) is 11.5. The normalized spacial score (nSPS) is 18.9. The van der Waals surface area contributed by atoms with E-state index in [0.717, 1.165) is 23.3 Å². The number of thioether (sulfide) groups is 1. The third kappa shape index (κ3) is 5.24. The molecule has 1 unspecified atom stereocenters. The molecule has 34 heavy (non-hydrogen) atoms. The van der Waals surface area contributed by atoms with Gasteiger partial charge in [0.15, 0.2) is 0 Å². The number of amides is 2. The first-order valence-electron chi connectivity index (χ1n) is 11.3. The summed E-state index contributed by atoms with van der Waals surface area (Å²) in [7, 11) is -2.07. The minimum Gasteiger partial charge on any atom is -0.497 e. The number of nitrogens with one attached hydrogen (secondary N) is 1. The number of carbonyl (C=O) groups excluding carboxylic acids is 2. The highest BCUT2D eigenvalue weighted by atomic mass is 32.2. The van der Waals surface area contributed by atoms with Crippen LogP contribution in [0, 0.1) is 5.92 Å². The summed E-state index contributed by atoms with van der Waals surface area (Å²) in [4.78, 5) is 28.4. The van der Waals surface area contributed by atoms with Gasteiger partial charge in [0.25, 0.3) is 0 Å². The molecule has 1 saturated heterocycles. The topological polar surface area (TPSA) is 96.0 Å². The van der Waals surface area contributed by atoms with Crippen LogP contribution in [0.15, 0.2) is 52.3 Å². The van der Waals surface area contributed by atoms with Gasteiger partial charge in [-0.3, -0.25) is 9.59 Å². The van der Waals surface area contributed by atoms with Gasteiger partial charge in [-0.25, -0.2) is 8.42 Å². The molecule has 1 atom stereocenters. The Morgan fingerprint density at radius 1 is 1.18 bits per heavy atom. The summed E-state index contributed by atoms with van der Waals surface area (Å²) < 4.78 is 32.9. The van der Waals surface area contributed by atoms with E-state index >= 15 is 0 Å². The molecule has 4 rings (SSSR count). The highest BCUT2D eigenvalue weighted by molar-refractivity contribution is 7.99. The molecule has 182 valence electrons. The molecule has 2 heterocycles. The summed E-state index contributed by atoms with van der Waals surface area (Å²) in [6.45, 7) is 2.93. The van der Waals surface area contributed by atoms with Gasteiger partial charge in [0.2, 0.25) is 21.8 Å². The largest absolute Gasteiger partial charge is 0.497 e. The summed E-state index contributed by atoms with van der Waals surface area (Å²) in [6.07, 6.45) is 1.69. The average Bonchev–Trinajstić information content (AvgIpc) is 3.37. The zero-order valence-electron chi connectivity index (χ0n) is 19.3. The van der Waals surface area contributed by atoms with Crippen LogP contribution in [0.1, 0.15) is 25.3 Å². The van der Waals surface area contributed by atoms with Gasteiger partial charge in [0, 0.05) is 36.2 Å². The van der Waals surface area contributed by atoms with Gasteiger partial charge in [-0.2, -0.15) is 4.31 Å². The predicted octanol–water partition coefficient (Wildman–Crippen LogP) is 2.87. The van der Waals surface area contributed by atoms with Crippen molar-refractivity contribution < 1.29 is 22.7 Å². The van der Waals surface area contributed by atoms with Gasteiger partial charge in [0.1, 0.15) is 12.3 Å².